The third-order valence-electron chi connectivity index (χ3n) is 8.36. The Bertz CT molecular complexity index is 1730. The Morgan fingerprint density at radius 2 is 1.62 bits per heavy atom. The summed E-state index contributed by atoms with van der Waals surface area (Å²) in [5, 5.41) is 12.9. The average Bonchev–Trinajstić information content (AvgIpc) is 3.64. The third-order valence-corrected chi connectivity index (χ3v) is 8.36. The fourth-order valence-electron chi connectivity index (χ4n) is 6.35. The zero-order valence-corrected chi connectivity index (χ0v) is 25.1. The van der Waals surface area contributed by atoms with Crippen LogP contribution in [0, 0.1) is 0 Å². The number of nitrogens with one attached hydrogen (secondary N) is 2. The number of rotatable bonds is 10. The molecule has 0 spiro atoms. The molecule has 3 atom stereocenters. The van der Waals surface area contributed by atoms with Crippen LogP contribution in [0.5, 0.6) is 0 Å². The molecule has 2 aromatic heterocycles. The van der Waals surface area contributed by atoms with Crippen molar-refractivity contribution in [1.82, 2.24) is 24.5 Å². The van der Waals surface area contributed by atoms with Gasteiger partial charge in [0.15, 0.2) is 16.9 Å². The SMILES string of the molecule is COOC[C@H]1O[C@](n2cnc3c(=O)[nH]c(NN(C)C(C)=O)nc32)(C(c2ccccc2)(c2ccccc2)c2ccccc2)C[C@@H]1O. The highest BCUT2D eigenvalue weighted by molar-refractivity contribution is 5.75. The molecule has 0 bridgehead atoms. The number of amides is 1. The standard InChI is InChI=1S/C33H34N6O6/c1-22(40)38(2)37-31-35-29-28(30(42)36-31)34-21-39(29)32(19-26(41)27(45-32)20-44-43-3)33(23-13-7-4-8-14-23,24-15-9-5-10-16-24)25-17-11-6-12-18-25/h4-18,21,26-27,41H,19-20H2,1-3H3,(H2,35,36,37,42)/t26-,27+,32-/m0/s1. The smallest absolute Gasteiger partial charge is 0.280 e. The number of nitrogens with zero attached hydrogens (tertiary/aromatic N) is 4. The second-order valence-electron chi connectivity index (χ2n) is 10.9. The van der Waals surface area contributed by atoms with Crippen molar-refractivity contribution in [3.63, 3.8) is 0 Å². The number of fused-ring (bicyclic) bond motifs is 1. The lowest BCUT2D eigenvalue weighted by molar-refractivity contribution is -0.295. The van der Waals surface area contributed by atoms with Crippen LogP contribution in [-0.2, 0) is 30.4 Å². The van der Waals surface area contributed by atoms with E-state index in [1.54, 1.807) is 4.57 Å². The van der Waals surface area contributed by atoms with E-state index in [1.807, 2.05) is 91.0 Å². The first kappa shape index (κ1) is 30.2. The van der Waals surface area contributed by atoms with Crippen LogP contribution in [0.2, 0.25) is 0 Å². The van der Waals surface area contributed by atoms with E-state index in [-0.39, 0.29) is 36.0 Å². The van der Waals surface area contributed by atoms with E-state index in [9.17, 15) is 14.7 Å². The zero-order valence-electron chi connectivity index (χ0n) is 25.1. The number of imidazole rings is 1. The number of aromatic amines is 1. The van der Waals surface area contributed by atoms with Gasteiger partial charge in [-0.15, -0.1) is 0 Å². The van der Waals surface area contributed by atoms with E-state index >= 15 is 0 Å². The molecule has 3 N–H and O–H groups in total. The zero-order chi connectivity index (χ0) is 31.6. The van der Waals surface area contributed by atoms with E-state index in [4.69, 9.17) is 19.5 Å². The molecular weight excluding hydrogens is 576 g/mol. The Balaban J connectivity index is 1.73. The summed E-state index contributed by atoms with van der Waals surface area (Å²) in [7, 11) is 2.91. The number of aliphatic hydroxyl groups is 1. The largest absolute Gasteiger partial charge is 0.390 e. The molecule has 6 rings (SSSR count). The minimum atomic E-state index is -1.47. The van der Waals surface area contributed by atoms with Crippen LogP contribution < -0.4 is 11.0 Å². The van der Waals surface area contributed by atoms with Crippen LogP contribution in [0.1, 0.15) is 30.0 Å². The van der Waals surface area contributed by atoms with Gasteiger partial charge in [-0.05, 0) is 16.7 Å². The summed E-state index contributed by atoms with van der Waals surface area (Å²) >= 11 is 0. The highest BCUT2D eigenvalue weighted by atomic mass is 17.2. The lowest BCUT2D eigenvalue weighted by Crippen LogP contribution is -2.55. The molecule has 1 fully saturated rings. The molecule has 0 radical (unpaired) electrons. The van der Waals surface area contributed by atoms with Crippen molar-refractivity contribution < 1.29 is 24.4 Å². The Hall–Kier alpha value is -4.88. The molecule has 1 saturated heterocycles. The Labute approximate surface area is 259 Å². The van der Waals surface area contributed by atoms with Crippen LogP contribution in [0.25, 0.3) is 11.2 Å². The first-order valence-electron chi connectivity index (χ1n) is 14.5. The molecule has 0 saturated carbocycles. The van der Waals surface area contributed by atoms with E-state index in [0.717, 1.165) is 16.7 Å². The van der Waals surface area contributed by atoms with Crippen LogP contribution in [0.4, 0.5) is 5.95 Å². The average molecular weight is 611 g/mol. The van der Waals surface area contributed by atoms with Crippen molar-refractivity contribution in [2.24, 2.45) is 0 Å². The molecule has 3 aromatic carbocycles. The van der Waals surface area contributed by atoms with Crippen molar-refractivity contribution in [1.29, 1.82) is 0 Å². The van der Waals surface area contributed by atoms with E-state index in [1.165, 1.54) is 32.4 Å². The van der Waals surface area contributed by atoms with Crippen molar-refractivity contribution in [3.8, 4) is 0 Å². The monoisotopic (exact) mass is 610 g/mol. The Morgan fingerprint density at radius 3 is 2.13 bits per heavy atom. The molecule has 0 aliphatic carbocycles. The molecule has 1 aliphatic heterocycles. The number of aromatic nitrogens is 4. The number of anilines is 1. The van der Waals surface area contributed by atoms with Crippen molar-refractivity contribution in [3.05, 3.63) is 124 Å². The van der Waals surface area contributed by atoms with Crippen molar-refractivity contribution >= 4 is 23.0 Å². The van der Waals surface area contributed by atoms with Crippen molar-refractivity contribution in [2.45, 2.75) is 36.7 Å². The fraction of sp³-hybridized carbons (Fsp3) is 0.273. The number of carbonyl (C=O) groups excluding carboxylic acids is 1. The summed E-state index contributed by atoms with van der Waals surface area (Å²) in [6, 6.07) is 29.6. The normalized spacial score (nSPS) is 19.9. The number of H-pyrrole nitrogens is 1. The van der Waals surface area contributed by atoms with Gasteiger partial charge in [0.2, 0.25) is 11.9 Å². The molecule has 1 aliphatic rings. The first-order valence-corrected chi connectivity index (χ1v) is 14.5. The highest BCUT2D eigenvalue weighted by Gasteiger charge is 2.63. The molecule has 12 nitrogen and oxygen atoms in total. The molecule has 232 valence electrons. The van der Waals surface area contributed by atoms with E-state index < -0.39 is 28.9 Å². The van der Waals surface area contributed by atoms with Gasteiger partial charge in [-0.1, -0.05) is 91.0 Å². The van der Waals surface area contributed by atoms with Crippen LogP contribution >= 0.6 is 0 Å². The maximum Gasteiger partial charge on any atom is 0.280 e. The van der Waals surface area contributed by atoms with Gasteiger partial charge in [0.1, 0.15) is 12.7 Å². The number of ether oxygens (including phenoxy) is 1. The van der Waals surface area contributed by atoms with Crippen LogP contribution in [0.15, 0.2) is 102 Å². The predicted molar refractivity (Wildman–Crippen MR) is 166 cm³/mol. The number of carbonyl (C=O) groups is 1. The van der Waals surface area contributed by atoms with Gasteiger partial charge in [0, 0.05) is 20.4 Å². The molecule has 45 heavy (non-hydrogen) atoms. The minimum Gasteiger partial charge on any atom is -0.390 e. The number of benzene rings is 3. The van der Waals surface area contributed by atoms with Gasteiger partial charge in [-0.25, -0.2) is 14.8 Å². The lowest BCUT2D eigenvalue weighted by Gasteiger charge is -2.50. The second-order valence-corrected chi connectivity index (χ2v) is 10.9. The number of hydrazine groups is 1. The molecule has 0 unspecified atom stereocenters. The molecule has 3 heterocycles. The number of aliphatic hydroxyl groups excluding tert-OH is 1. The first-order chi connectivity index (χ1) is 21.8. The van der Waals surface area contributed by atoms with E-state index in [2.05, 4.69) is 15.4 Å². The topological polar surface area (TPSA) is 144 Å². The molecular formula is C33H34N6O6. The second kappa shape index (κ2) is 12.3. The van der Waals surface area contributed by atoms with Crippen LogP contribution in [0.3, 0.4) is 0 Å². The quantitative estimate of drug-likeness (QED) is 0.123. The van der Waals surface area contributed by atoms with Gasteiger partial charge < -0.3 is 9.84 Å². The van der Waals surface area contributed by atoms with Gasteiger partial charge >= 0.3 is 0 Å². The summed E-state index contributed by atoms with van der Waals surface area (Å²) in [5.74, 6) is -0.258. The summed E-state index contributed by atoms with van der Waals surface area (Å²) in [6.07, 6.45) is -0.279. The van der Waals surface area contributed by atoms with Gasteiger partial charge in [0.05, 0.1) is 25.0 Å². The maximum absolute atomic E-state index is 13.4. The van der Waals surface area contributed by atoms with Crippen LogP contribution in [-0.4, -0.2) is 68.5 Å². The minimum absolute atomic E-state index is 0.0321. The summed E-state index contributed by atoms with van der Waals surface area (Å²) in [4.78, 5) is 47.4. The highest BCUT2D eigenvalue weighted by Crippen LogP contribution is 2.57. The maximum atomic E-state index is 13.4. The molecule has 5 aromatic rings. The van der Waals surface area contributed by atoms with Crippen molar-refractivity contribution in [2.75, 3.05) is 26.2 Å². The van der Waals surface area contributed by atoms with E-state index in [0.29, 0.717) is 0 Å². The summed E-state index contributed by atoms with van der Waals surface area (Å²) in [5.41, 5.74) is 2.53. The number of hydrogen-bond acceptors (Lipinski definition) is 9. The Kier molecular flexibility index (Phi) is 8.21. The van der Waals surface area contributed by atoms with Gasteiger partial charge in [-0.2, -0.15) is 4.98 Å². The molecule has 1 amide bonds. The lowest BCUT2D eigenvalue weighted by atomic mass is 9.61. The number of hydrogen-bond donors (Lipinski definition) is 3. The third kappa shape index (κ3) is 5.07. The molecule has 12 heteroatoms. The summed E-state index contributed by atoms with van der Waals surface area (Å²) in [6.45, 7) is 1.32. The fourth-order valence-corrected chi connectivity index (χ4v) is 6.35. The predicted octanol–water partition coefficient (Wildman–Crippen LogP) is 3.34. The summed E-state index contributed by atoms with van der Waals surface area (Å²) < 4.78 is 8.80. The van der Waals surface area contributed by atoms with Gasteiger partial charge in [-0.3, -0.25) is 29.6 Å². The van der Waals surface area contributed by atoms with Gasteiger partial charge in [0.25, 0.3) is 5.56 Å². The Morgan fingerprint density at radius 1 is 1.07 bits per heavy atom.